The van der Waals surface area contributed by atoms with Gasteiger partial charge in [0.1, 0.15) is 7.85 Å². The summed E-state index contributed by atoms with van der Waals surface area (Å²) < 4.78 is 0. The van der Waals surface area contributed by atoms with Gasteiger partial charge in [0.2, 0.25) is 0 Å². The predicted molar refractivity (Wildman–Crippen MR) is 67.4 cm³/mol. The van der Waals surface area contributed by atoms with Crippen molar-refractivity contribution in [3.8, 4) is 10.7 Å². The highest BCUT2D eigenvalue weighted by atomic mass is 35.5. The number of carbonyl (C=O) groups excluding carboxylic acids is 1. The summed E-state index contributed by atoms with van der Waals surface area (Å²) in [5.74, 6) is 2.47. The molecule has 16 heavy (non-hydrogen) atoms. The van der Waals surface area contributed by atoms with Gasteiger partial charge >= 0.3 is 0 Å². The zero-order valence-electron chi connectivity index (χ0n) is 8.80. The average Bonchev–Trinajstić information content (AvgIpc) is 2.16. The van der Waals surface area contributed by atoms with Crippen molar-refractivity contribution in [1.29, 1.82) is 0 Å². The maximum Gasteiger partial charge on any atom is 0.263 e. The minimum Gasteiger partial charge on any atom is -0.341 e. The Morgan fingerprint density at radius 3 is 2.88 bits per heavy atom. The van der Waals surface area contributed by atoms with Gasteiger partial charge in [0.05, 0.1) is 17.1 Å². The van der Waals surface area contributed by atoms with E-state index in [1.54, 1.807) is 19.1 Å². The molecule has 0 fully saturated rings. The lowest BCUT2D eigenvalue weighted by atomic mass is 9.92. The minimum absolute atomic E-state index is 0.241. The number of amides is 1. The third-order valence-corrected chi connectivity index (χ3v) is 2.48. The van der Waals surface area contributed by atoms with Crippen LogP contribution in [0.1, 0.15) is 15.9 Å². The van der Waals surface area contributed by atoms with Crippen LogP contribution >= 0.6 is 11.6 Å². The zero-order chi connectivity index (χ0) is 12.1. The van der Waals surface area contributed by atoms with Crippen LogP contribution in [0.3, 0.4) is 0 Å². The largest absolute Gasteiger partial charge is 0.341 e. The quantitative estimate of drug-likeness (QED) is 0.587. The van der Waals surface area contributed by atoms with Gasteiger partial charge in [-0.3, -0.25) is 4.79 Å². The number of carbonyl (C=O) groups is 1. The second kappa shape index (κ2) is 6.02. The van der Waals surface area contributed by atoms with E-state index in [-0.39, 0.29) is 5.91 Å². The van der Waals surface area contributed by atoms with Gasteiger partial charge < -0.3 is 5.32 Å². The zero-order valence-corrected chi connectivity index (χ0v) is 10.7. The third-order valence-electron chi connectivity index (χ3n) is 1.98. The molecule has 0 aromatic heterocycles. The fourth-order valence-corrected chi connectivity index (χ4v) is 1.79. The van der Waals surface area contributed by atoms with Crippen LogP contribution in [-0.4, -0.2) is 36.6 Å². The van der Waals surface area contributed by atoms with E-state index in [9.17, 15) is 4.79 Å². The molecule has 0 spiro atoms. The molecule has 1 N–H and O–H groups in total. The Hall–Kier alpha value is -0.863. The van der Waals surface area contributed by atoms with Gasteiger partial charge in [-0.25, -0.2) is 4.78 Å². The fraction of sp³-hybridized carbons (Fsp3) is 0.182. The van der Waals surface area contributed by atoms with Crippen LogP contribution < -0.4 is 10.8 Å². The first-order valence-corrected chi connectivity index (χ1v) is 5.54. The van der Waals surface area contributed by atoms with E-state index in [4.69, 9.17) is 19.4 Å². The van der Waals surface area contributed by atoms with Crippen molar-refractivity contribution in [2.75, 3.05) is 6.54 Å². The normalized spacial score (nSPS) is 9.12. The Labute approximate surface area is 110 Å². The first kappa shape index (κ1) is 13.2. The monoisotopic (exact) mass is 243 g/mol. The summed E-state index contributed by atoms with van der Waals surface area (Å²) in [6.07, 6.45) is 0. The molecule has 1 rings (SSSR count). The molecule has 4 radical (unpaired) electrons. The topological polar surface area (TPSA) is 29.1 Å². The molecule has 2 nitrogen and oxygen atoms in total. The Kier molecular flexibility index (Phi) is 4.97. The van der Waals surface area contributed by atoms with Crippen LogP contribution in [0.5, 0.6) is 0 Å². The molecule has 0 unspecified atom stereocenters. The highest BCUT2D eigenvalue weighted by Crippen LogP contribution is 2.17. The molecule has 0 heterocycles. The van der Waals surface area contributed by atoms with Gasteiger partial charge in [-0.15, -0.1) is 5.92 Å². The van der Waals surface area contributed by atoms with Crippen LogP contribution in [-0.2, 0) is 0 Å². The van der Waals surface area contributed by atoms with Gasteiger partial charge in [-0.05, 0) is 18.6 Å². The summed E-state index contributed by atoms with van der Waals surface area (Å²) in [5.41, 5.74) is 1.74. The summed E-state index contributed by atoms with van der Waals surface area (Å²) in [7, 11) is 5.61. The number of hydrogen-bond acceptors (Lipinski definition) is 1. The van der Waals surface area contributed by atoms with Crippen molar-refractivity contribution < 1.29 is 4.79 Å². The number of nitrogens with one attached hydrogen (secondary N) is 1. The van der Waals surface area contributed by atoms with Gasteiger partial charge in [0.25, 0.3) is 22.2 Å². The number of hydrogen-bond donors (Lipinski definition) is 1. The van der Waals surface area contributed by atoms with Crippen molar-refractivity contribution >= 4 is 47.1 Å². The molecule has 0 saturated heterocycles. The van der Waals surface area contributed by atoms with Crippen molar-refractivity contribution in [2.45, 2.75) is 6.92 Å². The van der Waals surface area contributed by atoms with Crippen molar-refractivity contribution in [3.63, 3.8) is 0 Å². The maximum atomic E-state index is 11.8. The van der Waals surface area contributed by atoms with Gasteiger partial charge in [-0.2, -0.15) is 0 Å². The number of benzene rings is 1. The molecule has 0 aliphatic rings. The Morgan fingerprint density at radius 2 is 2.31 bits per heavy atom. The number of rotatable bonds is 2. The Balaban J connectivity index is 2.94. The smallest absolute Gasteiger partial charge is 0.263 e. The standard InChI is InChI=1S/C11H8BClNO.Al/c1-3-4-14-11(15)10-7(2)5-8(12)6-9(10)13;/h5-6H,4H2,2H3,(H,14,15);. The summed E-state index contributed by atoms with van der Waals surface area (Å²) in [6, 6.07) is 3.27. The first-order valence-electron chi connectivity index (χ1n) is 4.58. The van der Waals surface area contributed by atoms with Crippen LogP contribution in [0, 0.1) is 17.6 Å². The van der Waals surface area contributed by atoms with E-state index in [0.717, 1.165) is 5.56 Å². The molecular weight excluding hydrogens is 235 g/mol. The first-order chi connectivity index (χ1) is 7.56. The molecule has 0 atom stereocenters. The number of aryl methyl sites for hydroxylation is 1. The summed E-state index contributed by atoms with van der Waals surface area (Å²) in [5, 5.41) is 3.01. The average molecular weight is 243 g/mol. The molecular formula is C11H8AlBClNO. The van der Waals surface area contributed by atoms with E-state index < -0.39 is 0 Å². The van der Waals surface area contributed by atoms with Crippen LogP contribution in [0.4, 0.5) is 0 Å². The van der Waals surface area contributed by atoms with Crippen LogP contribution in [0.25, 0.3) is 0 Å². The lowest BCUT2D eigenvalue weighted by Crippen LogP contribution is -2.25. The molecule has 0 aliphatic heterocycles. The SMILES string of the molecule is [B]c1cc(C)c(C(=O)NCC#[C][Al])c(Cl)c1. The van der Waals surface area contributed by atoms with Crippen LogP contribution in [0.2, 0.25) is 5.02 Å². The molecule has 1 amide bonds. The second-order valence-corrected chi connectivity index (χ2v) is 3.89. The maximum absolute atomic E-state index is 11.8. The Morgan fingerprint density at radius 1 is 1.62 bits per heavy atom. The number of halogens is 1. The van der Waals surface area contributed by atoms with Gasteiger partial charge in [0, 0.05) is 0 Å². The highest BCUT2D eigenvalue weighted by Gasteiger charge is 2.12. The van der Waals surface area contributed by atoms with E-state index >= 15 is 0 Å². The van der Waals surface area contributed by atoms with E-state index in [1.807, 2.05) is 0 Å². The lowest BCUT2D eigenvalue weighted by molar-refractivity contribution is 0.0958. The Bertz CT molecular complexity index is 456. The minimum atomic E-state index is -0.241. The summed E-state index contributed by atoms with van der Waals surface area (Å²) in [6.45, 7) is 2.08. The van der Waals surface area contributed by atoms with Gasteiger partial charge in [-0.1, -0.05) is 23.1 Å². The molecule has 1 aromatic carbocycles. The van der Waals surface area contributed by atoms with E-state index in [0.29, 0.717) is 22.6 Å². The molecule has 76 valence electrons. The second-order valence-electron chi connectivity index (χ2n) is 3.20. The van der Waals surface area contributed by atoms with Gasteiger partial charge in [0.15, 0.2) is 0 Å². The molecule has 0 bridgehead atoms. The van der Waals surface area contributed by atoms with E-state index in [2.05, 4.69) is 32.3 Å². The predicted octanol–water partition coefficient (Wildman–Crippen LogP) is 0.301. The highest BCUT2D eigenvalue weighted by molar-refractivity contribution is 6.38. The molecule has 1 aromatic rings. The lowest BCUT2D eigenvalue weighted by Gasteiger charge is -2.09. The molecule has 5 heteroatoms. The summed E-state index contributed by atoms with van der Waals surface area (Å²) >= 11 is 8.22. The third kappa shape index (κ3) is 3.32. The van der Waals surface area contributed by atoms with Crippen LogP contribution in [0.15, 0.2) is 12.1 Å². The fourth-order valence-electron chi connectivity index (χ4n) is 1.32. The van der Waals surface area contributed by atoms with Crippen molar-refractivity contribution in [2.24, 2.45) is 0 Å². The van der Waals surface area contributed by atoms with Crippen molar-refractivity contribution in [1.82, 2.24) is 5.32 Å². The summed E-state index contributed by atoms with van der Waals surface area (Å²) in [4.78, 5) is 14.4. The molecule has 0 saturated carbocycles. The van der Waals surface area contributed by atoms with E-state index in [1.165, 1.54) is 0 Å². The van der Waals surface area contributed by atoms with Crippen molar-refractivity contribution in [3.05, 3.63) is 28.3 Å². The molecule has 0 aliphatic carbocycles.